The molecule has 0 saturated heterocycles. The van der Waals surface area contributed by atoms with Gasteiger partial charge in [-0.25, -0.2) is 0 Å². The number of anilines is 3. The maximum Gasteiger partial charge on any atom is 0.195 e. The van der Waals surface area contributed by atoms with Gasteiger partial charge in [0.1, 0.15) is 0 Å². The molecule has 0 amide bonds. The zero-order valence-electron chi connectivity index (χ0n) is 17.8. The van der Waals surface area contributed by atoms with Gasteiger partial charge in [0.05, 0.1) is 4.88 Å². The van der Waals surface area contributed by atoms with Gasteiger partial charge in [0.25, 0.3) is 0 Å². The van der Waals surface area contributed by atoms with Gasteiger partial charge in [0, 0.05) is 26.8 Å². The minimum absolute atomic E-state index is 0.0297. The summed E-state index contributed by atoms with van der Waals surface area (Å²) < 4.78 is 0. The van der Waals surface area contributed by atoms with E-state index in [1.165, 1.54) is 16.2 Å². The Bertz CT molecular complexity index is 1310. The Morgan fingerprint density at radius 3 is 1.88 bits per heavy atom. The summed E-state index contributed by atoms with van der Waals surface area (Å²) in [4.78, 5) is 18.0. The highest BCUT2D eigenvalue weighted by atomic mass is 32.1. The Kier molecular flexibility index (Phi) is 6.29. The molecule has 4 heteroatoms. The number of nitrogens with zero attached hydrogens (tertiary/aromatic N) is 1. The highest BCUT2D eigenvalue weighted by Crippen LogP contribution is 2.34. The molecule has 2 heterocycles. The smallest absolute Gasteiger partial charge is 0.195 e. The van der Waals surface area contributed by atoms with Crippen LogP contribution in [0.3, 0.4) is 0 Å². The number of allylic oxidation sites excluding steroid dienone is 1. The molecule has 2 nitrogen and oxygen atoms in total. The van der Waals surface area contributed by atoms with Crippen molar-refractivity contribution in [2.45, 2.75) is 0 Å². The maximum atomic E-state index is 12.7. The molecule has 0 saturated carbocycles. The van der Waals surface area contributed by atoms with E-state index in [0.717, 1.165) is 32.4 Å². The highest BCUT2D eigenvalue weighted by molar-refractivity contribution is 7.22. The van der Waals surface area contributed by atoms with Crippen LogP contribution in [-0.2, 0) is 0 Å². The zero-order chi connectivity index (χ0) is 22.5. The lowest BCUT2D eigenvalue weighted by molar-refractivity contribution is 0.105. The third-order valence-corrected chi connectivity index (χ3v) is 7.39. The van der Waals surface area contributed by atoms with Gasteiger partial charge >= 0.3 is 0 Å². The molecular weight excluding hydrogens is 442 g/mol. The van der Waals surface area contributed by atoms with Gasteiger partial charge in [0.15, 0.2) is 5.78 Å². The van der Waals surface area contributed by atoms with Crippen LogP contribution in [0, 0.1) is 0 Å². The van der Waals surface area contributed by atoms with Crippen molar-refractivity contribution in [1.82, 2.24) is 0 Å². The Morgan fingerprint density at radius 1 is 0.636 bits per heavy atom. The van der Waals surface area contributed by atoms with E-state index in [2.05, 4.69) is 52.7 Å². The van der Waals surface area contributed by atoms with Crippen LogP contribution in [0.25, 0.3) is 15.8 Å². The summed E-state index contributed by atoms with van der Waals surface area (Å²) in [5.74, 6) is 0.0297. The van der Waals surface area contributed by atoms with Gasteiger partial charge in [0.2, 0.25) is 0 Å². The van der Waals surface area contributed by atoms with Crippen molar-refractivity contribution in [3.63, 3.8) is 0 Å². The van der Waals surface area contributed by atoms with E-state index in [1.807, 2.05) is 72.8 Å². The fourth-order valence-corrected chi connectivity index (χ4v) is 5.37. The number of carbonyl (C=O) groups excluding carboxylic acids is 1. The van der Waals surface area contributed by atoms with Crippen molar-refractivity contribution in [3.05, 3.63) is 131 Å². The number of ketones is 1. The van der Waals surface area contributed by atoms with E-state index in [1.54, 1.807) is 17.4 Å². The Labute approximate surface area is 201 Å². The van der Waals surface area contributed by atoms with E-state index in [4.69, 9.17) is 0 Å². The van der Waals surface area contributed by atoms with Crippen molar-refractivity contribution < 1.29 is 4.79 Å². The number of hydrogen-bond donors (Lipinski definition) is 0. The van der Waals surface area contributed by atoms with Crippen molar-refractivity contribution in [3.8, 4) is 9.75 Å². The first-order valence-corrected chi connectivity index (χ1v) is 12.3. The van der Waals surface area contributed by atoms with Gasteiger partial charge in [-0.3, -0.25) is 4.79 Å². The van der Waals surface area contributed by atoms with Crippen molar-refractivity contribution in [2.75, 3.05) is 4.90 Å². The fourth-order valence-electron chi connectivity index (χ4n) is 3.61. The van der Waals surface area contributed by atoms with Gasteiger partial charge < -0.3 is 4.90 Å². The third kappa shape index (κ3) is 4.87. The van der Waals surface area contributed by atoms with Crippen molar-refractivity contribution >= 4 is 51.6 Å². The summed E-state index contributed by atoms with van der Waals surface area (Å²) in [6.45, 7) is 0. The lowest BCUT2D eigenvalue weighted by Gasteiger charge is -2.25. The van der Waals surface area contributed by atoms with Crippen molar-refractivity contribution in [2.24, 2.45) is 0 Å². The maximum absolute atomic E-state index is 12.7. The summed E-state index contributed by atoms with van der Waals surface area (Å²) in [6.07, 6.45) is 3.54. The molecule has 0 aliphatic rings. The minimum Gasteiger partial charge on any atom is -0.311 e. The second-order valence-corrected chi connectivity index (χ2v) is 9.47. The number of hydrogen-bond acceptors (Lipinski definition) is 4. The van der Waals surface area contributed by atoms with Crippen LogP contribution in [0.5, 0.6) is 0 Å². The van der Waals surface area contributed by atoms with Crippen LogP contribution in [0.1, 0.15) is 15.2 Å². The first kappa shape index (κ1) is 21.1. The molecule has 0 radical (unpaired) electrons. The predicted octanol–water partition coefficient (Wildman–Crippen LogP) is 8.84. The van der Waals surface area contributed by atoms with Gasteiger partial charge in [-0.1, -0.05) is 60.7 Å². The second kappa shape index (κ2) is 9.82. The highest BCUT2D eigenvalue weighted by Gasteiger charge is 2.12. The van der Waals surface area contributed by atoms with E-state index >= 15 is 0 Å². The van der Waals surface area contributed by atoms with E-state index in [9.17, 15) is 4.79 Å². The number of carbonyl (C=O) groups is 1. The average molecular weight is 464 g/mol. The largest absolute Gasteiger partial charge is 0.311 e. The SMILES string of the molecule is O=C(/C=C/c1ccc(N(c2ccccc2)c2ccccc2)cc1)c1ccc(-c2cccs2)s1. The quantitative estimate of drug-likeness (QED) is 0.177. The molecule has 0 aliphatic heterocycles. The van der Waals surface area contributed by atoms with Crippen LogP contribution >= 0.6 is 22.7 Å². The summed E-state index contributed by atoms with van der Waals surface area (Å²) in [7, 11) is 0. The topological polar surface area (TPSA) is 20.3 Å². The Balaban J connectivity index is 1.35. The third-order valence-electron chi connectivity index (χ3n) is 5.22. The molecule has 0 N–H and O–H groups in total. The van der Waals surface area contributed by atoms with Crippen LogP contribution < -0.4 is 4.90 Å². The van der Waals surface area contributed by atoms with E-state index in [-0.39, 0.29) is 5.78 Å². The summed E-state index contributed by atoms with van der Waals surface area (Å²) in [6, 6.07) is 36.9. The lowest BCUT2D eigenvalue weighted by Crippen LogP contribution is -2.09. The predicted molar refractivity (Wildman–Crippen MR) is 142 cm³/mol. The molecule has 5 aromatic rings. The molecule has 0 aliphatic carbocycles. The molecule has 0 unspecified atom stereocenters. The van der Waals surface area contributed by atoms with Crippen LogP contribution in [-0.4, -0.2) is 5.78 Å². The van der Waals surface area contributed by atoms with Crippen molar-refractivity contribution in [1.29, 1.82) is 0 Å². The van der Waals surface area contributed by atoms with E-state index < -0.39 is 0 Å². The number of para-hydroxylation sites is 2. The average Bonchev–Trinajstić information content (AvgIpc) is 3.57. The van der Waals surface area contributed by atoms with Gasteiger partial charge in [-0.05, 0) is 71.6 Å². The zero-order valence-corrected chi connectivity index (χ0v) is 19.4. The van der Waals surface area contributed by atoms with Gasteiger partial charge in [-0.2, -0.15) is 0 Å². The molecule has 5 rings (SSSR count). The van der Waals surface area contributed by atoms with Crippen LogP contribution in [0.2, 0.25) is 0 Å². The van der Waals surface area contributed by atoms with E-state index in [0.29, 0.717) is 0 Å². The summed E-state index contributed by atoms with van der Waals surface area (Å²) >= 11 is 3.23. The molecule has 160 valence electrons. The minimum atomic E-state index is 0.0297. The Morgan fingerprint density at radius 2 is 1.27 bits per heavy atom. The summed E-state index contributed by atoms with van der Waals surface area (Å²) in [5.41, 5.74) is 4.25. The summed E-state index contributed by atoms with van der Waals surface area (Å²) in [5, 5.41) is 2.05. The Hall–Kier alpha value is -3.73. The molecule has 3 aromatic carbocycles. The first-order chi connectivity index (χ1) is 16.3. The fraction of sp³-hybridized carbons (Fsp3) is 0. The van der Waals surface area contributed by atoms with Crippen LogP contribution in [0.15, 0.2) is 121 Å². The number of thiophene rings is 2. The monoisotopic (exact) mass is 463 g/mol. The van der Waals surface area contributed by atoms with Gasteiger partial charge in [-0.15, -0.1) is 22.7 Å². The second-order valence-electron chi connectivity index (χ2n) is 7.44. The molecule has 2 aromatic heterocycles. The number of benzene rings is 3. The molecule has 0 spiro atoms. The molecule has 0 fully saturated rings. The standard InChI is InChI=1S/C29H21NOS2/c31-26(27-19-20-29(33-27)28-12-7-21-32-28)18-15-22-13-16-25(17-14-22)30(23-8-3-1-4-9-23)24-10-5-2-6-11-24/h1-21H/b18-15+. The molecule has 0 bridgehead atoms. The first-order valence-electron chi connectivity index (χ1n) is 10.6. The normalized spacial score (nSPS) is 11.0. The lowest BCUT2D eigenvalue weighted by atomic mass is 10.1. The van der Waals surface area contributed by atoms with Crippen LogP contribution in [0.4, 0.5) is 17.1 Å². The molecular formula is C29H21NOS2. The molecule has 33 heavy (non-hydrogen) atoms. The molecule has 0 atom stereocenters. The number of rotatable bonds is 7.